The van der Waals surface area contributed by atoms with Crippen LogP contribution in [0.15, 0.2) is 24.3 Å². The highest BCUT2D eigenvalue weighted by molar-refractivity contribution is 5.91. The number of carbonyl (C=O) groups excluding carboxylic acids is 1. The molecule has 0 bridgehead atoms. The van der Waals surface area contributed by atoms with Gasteiger partial charge in [0, 0.05) is 19.3 Å². The van der Waals surface area contributed by atoms with Gasteiger partial charge in [-0.1, -0.05) is 19.1 Å². The molecule has 0 spiro atoms. The third-order valence-corrected chi connectivity index (χ3v) is 2.79. The Morgan fingerprint density at radius 2 is 1.95 bits per heavy atom. The van der Waals surface area contributed by atoms with Gasteiger partial charge in [0.1, 0.15) is 6.54 Å². The minimum absolute atomic E-state index is 0.224. The van der Waals surface area contributed by atoms with E-state index in [0.29, 0.717) is 5.69 Å². The first-order chi connectivity index (χ1) is 9.56. The number of carbonyl (C=O) groups is 2. The van der Waals surface area contributed by atoms with Gasteiger partial charge in [0.25, 0.3) is 0 Å². The lowest BCUT2D eigenvalue weighted by Crippen LogP contribution is -2.40. The molecule has 1 rings (SSSR count). The number of nitrogens with one attached hydrogen (secondary N) is 1. The zero-order chi connectivity index (χ0) is 15.0. The molecule has 20 heavy (non-hydrogen) atoms. The number of anilines is 1. The van der Waals surface area contributed by atoms with E-state index in [1.807, 2.05) is 19.1 Å². The van der Waals surface area contributed by atoms with Crippen molar-refractivity contribution in [3.63, 3.8) is 0 Å². The number of benzene rings is 1. The number of carboxylic acid groups (broad SMARTS) is 1. The first-order valence-corrected chi connectivity index (χ1v) is 6.42. The Labute approximate surface area is 118 Å². The maximum absolute atomic E-state index is 12.0. The van der Waals surface area contributed by atoms with E-state index in [1.54, 1.807) is 12.1 Å². The first kappa shape index (κ1) is 16.0. The summed E-state index contributed by atoms with van der Waals surface area (Å²) in [4.78, 5) is 23.9. The lowest BCUT2D eigenvalue weighted by Gasteiger charge is -2.20. The smallest absolute Gasteiger partial charge is 0.323 e. The molecule has 0 fully saturated rings. The molecule has 0 radical (unpaired) electrons. The summed E-state index contributed by atoms with van der Waals surface area (Å²) in [6.07, 6.45) is 0.924. The Morgan fingerprint density at radius 3 is 2.45 bits per heavy atom. The van der Waals surface area contributed by atoms with Gasteiger partial charge < -0.3 is 20.1 Å². The summed E-state index contributed by atoms with van der Waals surface area (Å²) in [7, 11) is 1.50. The number of rotatable bonds is 7. The van der Waals surface area contributed by atoms with Crippen molar-refractivity contribution in [3.05, 3.63) is 29.8 Å². The van der Waals surface area contributed by atoms with E-state index < -0.39 is 12.0 Å². The summed E-state index contributed by atoms with van der Waals surface area (Å²) in [5.41, 5.74) is 1.81. The summed E-state index contributed by atoms with van der Waals surface area (Å²) in [5.74, 6) is -1.06. The Morgan fingerprint density at radius 1 is 1.30 bits per heavy atom. The van der Waals surface area contributed by atoms with Crippen molar-refractivity contribution in [1.82, 2.24) is 4.90 Å². The Hall–Kier alpha value is -2.08. The zero-order valence-corrected chi connectivity index (χ0v) is 11.8. The largest absolute Gasteiger partial charge is 0.480 e. The van der Waals surface area contributed by atoms with E-state index in [0.717, 1.165) is 6.42 Å². The third kappa shape index (κ3) is 5.27. The fourth-order valence-corrected chi connectivity index (χ4v) is 1.64. The number of aliphatic carboxylic acids is 1. The Balaban J connectivity index is 2.65. The molecular weight excluding hydrogens is 260 g/mol. The highest BCUT2D eigenvalue weighted by Gasteiger charge is 2.16. The summed E-state index contributed by atoms with van der Waals surface area (Å²) in [6, 6.07) is 6.99. The lowest BCUT2D eigenvalue weighted by atomic mass is 10.1. The average molecular weight is 280 g/mol. The number of ether oxygens (including phenoxy) is 1. The fraction of sp³-hybridized carbons (Fsp3) is 0.429. The minimum Gasteiger partial charge on any atom is -0.480 e. The lowest BCUT2D eigenvalue weighted by molar-refractivity contribution is -0.137. The number of nitrogens with zero attached hydrogens (tertiary/aromatic N) is 1. The molecule has 110 valence electrons. The number of hydrogen-bond donors (Lipinski definition) is 2. The summed E-state index contributed by atoms with van der Waals surface area (Å²) in [5, 5.41) is 11.5. The van der Waals surface area contributed by atoms with Gasteiger partial charge >= 0.3 is 12.0 Å². The molecule has 0 aliphatic heterocycles. The van der Waals surface area contributed by atoms with E-state index >= 15 is 0 Å². The van der Waals surface area contributed by atoms with Gasteiger partial charge in [-0.25, -0.2) is 4.79 Å². The SMILES string of the molecule is CCc1ccc(NC(=O)N(CCOC)CC(=O)O)cc1. The number of hydrogen-bond acceptors (Lipinski definition) is 3. The molecular formula is C14H20N2O4. The van der Waals surface area contributed by atoms with Crippen LogP contribution in [0.25, 0.3) is 0 Å². The number of amides is 2. The maximum atomic E-state index is 12.0. The molecule has 0 aliphatic rings. The van der Waals surface area contributed by atoms with Gasteiger partial charge in [-0.2, -0.15) is 0 Å². The van der Waals surface area contributed by atoms with Crippen molar-refractivity contribution in [2.45, 2.75) is 13.3 Å². The quantitative estimate of drug-likeness (QED) is 0.798. The molecule has 0 aromatic heterocycles. The van der Waals surface area contributed by atoms with Crippen LogP contribution < -0.4 is 5.32 Å². The molecule has 1 aromatic carbocycles. The molecule has 0 heterocycles. The molecule has 2 amide bonds. The predicted molar refractivity (Wildman–Crippen MR) is 75.9 cm³/mol. The van der Waals surface area contributed by atoms with E-state index in [-0.39, 0.29) is 19.7 Å². The van der Waals surface area contributed by atoms with E-state index in [1.165, 1.54) is 17.6 Å². The van der Waals surface area contributed by atoms with Gasteiger partial charge in [-0.3, -0.25) is 4.79 Å². The fourth-order valence-electron chi connectivity index (χ4n) is 1.64. The topological polar surface area (TPSA) is 78.9 Å². The molecule has 6 nitrogen and oxygen atoms in total. The van der Waals surface area contributed by atoms with Gasteiger partial charge in [0.2, 0.25) is 0 Å². The monoisotopic (exact) mass is 280 g/mol. The van der Waals surface area contributed by atoms with Gasteiger partial charge in [-0.15, -0.1) is 0 Å². The maximum Gasteiger partial charge on any atom is 0.323 e. The predicted octanol–water partition coefficient (Wildman–Crippen LogP) is 1.81. The summed E-state index contributed by atoms with van der Waals surface area (Å²) < 4.78 is 4.87. The van der Waals surface area contributed by atoms with Crippen LogP contribution in [0.5, 0.6) is 0 Å². The van der Waals surface area contributed by atoms with Crippen molar-refractivity contribution in [2.24, 2.45) is 0 Å². The highest BCUT2D eigenvalue weighted by atomic mass is 16.5. The van der Waals surface area contributed by atoms with Crippen LogP contribution in [0.3, 0.4) is 0 Å². The van der Waals surface area contributed by atoms with Crippen LogP contribution in [0, 0.1) is 0 Å². The number of urea groups is 1. The van der Waals surface area contributed by atoms with E-state index in [9.17, 15) is 9.59 Å². The Bertz CT molecular complexity index is 445. The van der Waals surface area contributed by atoms with Crippen LogP contribution in [0.1, 0.15) is 12.5 Å². The van der Waals surface area contributed by atoms with Crippen molar-refractivity contribution < 1.29 is 19.4 Å². The second-order valence-electron chi connectivity index (χ2n) is 4.29. The molecule has 0 atom stereocenters. The Kier molecular flexibility index (Phi) is 6.52. The second-order valence-corrected chi connectivity index (χ2v) is 4.29. The van der Waals surface area contributed by atoms with Gasteiger partial charge in [-0.05, 0) is 24.1 Å². The minimum atomic E-state index is -1.06. The van der Waals surface area contributed by atoms with Crippen LogP contribution in [-0.2, 0) is 16.0 Å². The number of carboxylic acids is 1. The van der Waals surface area contributed by atoms with E-state index in [2.05, 4.69) is 5.32 Å². The number of aryl methyl sites for hydroxylation is 1. The standard InChI is InChI=1S/C14H20N2O4/c1-3-11-4-6-12(7-5-11)15-14(19)16(8-9-20-2)10-13(17)18/h4-7H,3,8-10H2,1-2H3,(H,15,19)(H,17,18). The zero-order valence-electron chi connectivity index (χ0n) is 11.8. The molecule has 0 saturated carbocycles. The van der Waals surface area contributed by atoms with Crippen molar-refractivity contribution >= 4 is 17.7 Å². The van der Waals surface area contributed by atoms with Crippen molar-refractivity contribution in [3.8, 4) is 0 Å². The molecule has 0 unspecified atom stereocenters. The van der Waals surface area contributed by atoms with Crippen LogP contribution in [-0.4, -0.2) is 48.8 Å². The van der Waals surface area contributed by atoms with Gasteiger partial charge in [0.15, 0.2) is 0 Å². The third-order valence-electron chi connectivity index (χ3n) is 2.79. The van der Waals surface area contributed by atoms with E-state index in [4.69, 9.17) is 9.84 Å². The first-order valence-electron chi connectivity index (χ1n) is 6.42. The number of methoxy groups -OCH3 is 1. The molecule has 6 heteroatoms. The summed E-state index contributed by atoms with van der Waals surface area (Å²) in [6.45, 7) is 2.20. The van der Waals surface area contributed by atoms with Crippen LogP contribution in [0.2, 0.25) is 0 Å². The average Bonchev–Trinajstić information content (AvgIpc) is 2.43. The second kappa shape index (κ2) is 8.16. The molecule has 1 aromatic rings. The summed E-state index contributed by atoms with van der Waals surface area (Å²) >= 11 is 0. The van der Waals surface area contributed by atoms with Crippen molar-refractivity contribution in [1.29, 1.82) is 0 Å². The molecule has 0 aliphatic carbocycles. The highest BCUT2D eigenvalue weighted by Crippen LogP contribution is 2.10. The normalized spacial score (nSPS) is 10.1. The van der Waals surface area contributed by atoms with Crippen molar-refractivity contribution in [2.75, 3.05) is 32.1 Å². The molecule has 2 N–H and O–H groups in total. The van der Waals surface area contributed by atoms with Crippen LogP contribution in [0.4, 0.5) is 10.5 Å². The molecule has 0 saturated heterocycles. The van der Waals surface area contributed by atoms with Crippen LogP contribution >= 0.6 is 0 Å². The van der Waals surface area contributed by atoms with Gasteiger partial charge in [0.05, 0.1) is 6.61 Å².